The molecule has 0 aliphatic heterocycles. The van der Waals surface area contributed by atoms with Gasteiger partial charge in [0, 0.05) is 25.0 Å². The number of ether oxygens (including phenoxy) is 1. The third-order valence-corrected chi connectivity index (χ3v) is 5.22. The minimum atomic E-state index is -1.28. The number of aryl methyl sites for hydroxylation is 1. The van der Waals surface area contributed by atoms with Gasteiger partial charge in [0.1, 0.15) is 12.3 Å². The number of rotatable bonds is 5. The molecule has 0 unspecified atom stereocenters. The van der Waals surface area contributed by atoms with Crippen molar-refractivity contribution in [1.29, 1.82) is 0 Å². The normalized spacial score (nSPS) is 11.5. The van der Waals surface area contributed by atoms with Crippen LogP contribution in [0.2, 0.25) is 0 Å². The lowest BCUT2D eigenvalue weighted by Gasteiger charge is -2.14. The van der Waals surface area contributed by atoms with Crippen molar-refractivity contribution in [2.75, 3.05) is 18.5 Å². The number of fused-ring (bicyclic) bond motifs is 3. The van der Waals surface area contributed by atoms with Gasteiger partial charge in [-0.1, -0.05) is 54.5 Å². The van der Waals surface area contributed by atoms with Crippen LogP contribution in [-0.2, 0) is 16.6 Å². The molecule has 1 aliphatic carbocycles. The number of carbonyl (C=O) groups excluding carboxylic acids is 2. The van der Waals surface area contributed by atoms with E-state index in [0.717, 1.165) is 22.3 Å². The highest BCUT2D eigenvalue weighted by Gasteiger charge is 2.29. The fourth-order valence-electron chi connectivity index (χ4n) is 3.81. The van der Waals surface area contributed by atoms with Gasteiger partial charge in [-0.2, -0.15) is 5.10 Å². The standard InChI is InChI=1S/C24H20N4O5/c1-28-20(23(31)25-12-6-11-22(29)30)13-21(27-28)26-24(32)33-14-19-17-9-4-2-7-15(17)16-8-3-5-10-18(16)19/h2-5,7-10,13,19H,12,14H2,1H3,(H,25,31)(H,29,30)(H,26,27,32). The number of aliphatic carboxylic acids is 1. The lowest BCUT2D eigenvalue weighted by atomic mass is 9.98. The molecule has 0 bridgehead atoms. The summed E-state index contributed by atoms with van der Waals surface area (Å²) in [6.45, 7) is 0.0216. The van der Waals surface area contributed by atoms with Gasteiger partial charge >= 0.3 is 12.1 Å². The van der Waals surface area contributed by atoms with Crippen molar-refractivity contribution >= 4 is 23.8 Å². The minimum Gasteiger partial charge on any atom is -0.472 e. The van der Waals surface area contributed by atoms with Gasteiger partial charge in [0.15, 0.2) is 5.82 Å². The molecule has 2 aromatic carbocycles. The van der Waals surface area contributed by atoms with Gasteiger partial charge < -0.3 is 15.2 Å². The molecule has 2 amide bonds. The van der Waals surface area contributed by atoms with E-state index in [1.807, 2.05) is 42.3 Å². The number of hydrogen-bond donors (Lipinski definition) is 3. The van der Waals surface area contributed by atoms with Crippen molar-refractivity contribution in [2.24, 2.45) is 7.05 Å². The molecule has 0 fully saturated rings. The van der Waals surface area contributed by atoms with E-state index in [9.17, 15) is 14.4 Å². The van der Waals surface area contributed by atoms with Crippen LogP contribution in [0.5, 0.6) is 0 Å². The number of carboxylic acid groups (broad SMARTS) is 1. The van der Waals surface area contributed by atoms with Crippen molar-refractivity contribution in [3.05, 3.63) is 71.4 Å². The van der Waals surface area contributed by atoms with Gasteiger partial charge in [0.05, 0.1) is 6.54 Å². The summed E-state index contributed by atoms with van der Waals surface area (Å²) in [6, 6.07) is 17.5. The molecule has 1 aliphatic rings. The quantitative estimate of drug-likeness (QED) is 0.520. The highest BCUT2D eigenvalue weighted by Crippen LogP contribution is 2.44. The van der Waals surface area contributed by atoms with Crippen molar-refractivity contribution in [3.63, 3.8) is 0 Å². The zero-order valence-corrected chi connectivity index (χ0v) is 17.7. The second-order valence-electron chi connectivity index (χ2n) is 7.28. The van der Waals surface area contributed by atoms with Gasteiger partial charge in [0.2, 0.25) is 0 Å². The molecule has 0 radical (unpaired) electrons. The molecular weight excluding hydrogens is 424 g/mol. The largest absolute Gasteiger partial charge is 0.472 e. The Bertz CT molecular complexity index is 1260. The number of nitrogens with zero attached hydrogens (tertiary/aromatic N) is 2. The fourth-order valence-corrected chi connectivity index (χ4v) is 3.81. The van der Waals surface area contributed by atoms with Crippen molar-refractivity contribution in [2.45, 2.75) is 5.92 Å². The molecule has 4 rings (SSSR count). The second kappa shape index (κ2) is 9.28. The maximum Gasteiger partial charge on any atom is 0.412 e. The van der Waals surface area contributed by atoms with E-state index >= 15 is 0 Å². The SMILES string of the molecule is Cn1nc(NC(=O)OCC2c3ccccc3-c3ccccc32)cc1C(=O)NCC#CC(=O)O. The zero-order chi connectivity index (χ0) is 23.4. The topological polar surface area (TPSA) is 123 Å². The average molecular weight is 444 g/mol. The number of anilines is 1. The van der Waals surface area contributed by atoms with E-state index in [4.69, 9.17) is 9.84 Å². The van der Waals surface area contributed by atoms with Crippen LogP contribution in [-0.4, -0.2) is 46.0 Å². The van der Waals surface area contributed by atoms with E-state index in [1.54, 1.807) is 7.05 Å². The first-order valence-electron chi connectivity index (χ1n) is 10.1. The highest BCUT2D eigenvalue weighted by molar-refractivity contribution is 5.95. The van der Waals surface area contributed by atoms with E-state index < -0.39 is 18.0 Å². The van der Waals surface area contributed by atoms with Crippen molar-refractivity contribution in [3.8, 4) is 23.0 Å². The summed E-state index contributed by atoms with van der Waals surface area (Å²) in [5.41, 5.74) is 4.65. The average Bonchev–Trinajstić information content (AvgIpc) is 3.32. The molecule has 9 heteroatoms. The third-order valence-electron chi connectivity index (χ3n) is 5.22. The summed E-state index contributed by atoms with van der Waals surface area (Å²) in [7, 11) is 1.54. The summed E-state index contributed by atoms with van der Waals surface area (Å²) in [6.07, 6.45) is -0.686. The lowest BCUT2D eigenvalue weighted by molar-refractivity contribution is -0.130. The van der Waals surface area contributed by atoms with Crippen LogP contribution in [0.25, 0.3) is 11.1 Å². The molecule has 1 aromatic heterocycles. The number of nitrogens with one attached hydrogen (secondary N) is 2. The first-order chi connectivity index (χ1) is 15.9. The molecule has 166 valence electrons. The van der Waals surface area contributed by atoms with Crippen LogP contribution in [0.3, 0.4) is 0 Å². The van der Waals surface area contributed by atoms with Gasteiger partial charge in [-0.25, -0.2) is 9.59 Å². The predicted octanol–water partition coefficient (Wildman–Crippen LogP) is 2.60. The first kappa shape index (κ1) is 21.6. The van der Waals surface area contributed by atoms with Crippen molar-refractivity contribution < 1.29 is 24.2 Å². The Morgan fingerprint density at radius 3 is 2.36 bits per heavy atom. The number of aromatic nitrogens is 2. The van der Waals surface area contributed by atoms with Crippen LogP contribution >= 0.6 is 0 Å². The van der Waals surface area contributed by atoms with E-state index in [2.05, 4.69) is 33.8 Å². The number of amides is 2. The number of carboxylic acids is 1. The molecule has 0 saturated heterocycles. The second-order valence-corrected chi connectivity index (χ2v) is 7.28. The summed E-state index contributed by atoms with van der Waals surface area (Å²) in [5, 5.41) is 17.6. The Morgan fingerprint density at radius 1 is 1.09 bits per heavy atom. The highest BCUT2D eigenvalue weighted by atomic mass is 16.5. The number of hydrogen-bond acceptors (Lipinski definition) is 5. The van der Waals surface area contributed by atoms with Crippen LogP contribution < -0.4 is 10.6 Å². The molecule has 33 heavy (non-hydrogen) atoms. The van der Waals surface area contributed by atoms with Crippen LogP contribution in [0.4, 0.5) is 10.6 Å². The molecule has 1 heterocycles. The Morgan fingerprint density at radius 2 is 1.73 bits per heavy atom. The zero-order valence-electron chi connectivity index (χ0n) is 17.7. The van der Waals surface area contributed by atoms with Crippen molar-refractivity contribution in [1.82, 2.24) is 15.1 Å². The molecule has 0 saturated carbocycles. The molecular formula is C24H20N4O5. The Kier molecular flexibility index (Phi) is 6.09. The van der Waals surface area contributed by atoms with E-state index in [0.29, 0.717) is 0 Å². The summed E-state index contributed by atoms with van der Waals surface area (Å²) in [4.78, 5) is 35.0. The number of carbonyl (C=O) groups is 3. The van der Waals surface area contributed by atoms with Crippen LogP contribution in [0, 0.1) is 11.8 Å². The maximum absolute atomic E-state index is 12.4. The van der Waals surface area contributed by atoms with Gasteiger partial charge in [-0.15, -0.1) is 0 Å². The monoisotopic (exact) mass is 444 g/mol. The molecule has 9 nitrogen and oxygen atoms in total. The molecule has 3 N–H and O–H groups in total. The fraction of sp³-hybridized carbons (Fsp3) is 0.167. The lowest BCUT2D eigenvalue weighted by Crippen LogP contribution is -2.25. The first-order valence-corrected chi connectivity index (χ1v) is 10.1. The third kappa shape index (κ3) is 4.70. The van der Waals surface area contributed by atoms with Crippen LogP contribution in [0.15, 0.2) is 54.6 Å². The smallest absolute Gasteiger partial charge is 0.412 e. The van der Waals surface area contributed by atoms with Gasteiger partial charge in [-0.05, 0) is 22.3 Å². The molecule has 0 spiro atoms. The van der Waals surface area contributed by atoms with Gasteiger partial charge in [-0.3, -0.25) is 14.8 Å². The molecule has 0 atom stereocenters. The Hall–Kier alpha value is -4.58. The minimum absolute atomic E-state index is 0.0693. The summed E-state index contributed by atoms with van der Waals surface area (Å²) in [5.74, 6) is 2.50. The summed E-state index contributed by atoms with van der Waals surface area (Å²) < 4.78 is 6.77. The predicted molar refractivity (Wildman–Crippen MR) is 120 cm³/mol. The maximum atomic E-state index is 12.4. The van der Waals surface area contributed by atoms with Crippen LogP contribution in [0.1, 0.15) is 27.5 Å². The van der Waals surface area contributed by atoms with E-state index in [-0.39, 0.29) is 30.6 Å². The summed E-state index contributed by atoms with van der Waals surface area (Å²) >= 11 is 0. The van der Waals surface area contributed by atoms with Gasteiger partial charge in [0.25, 0.3) is 5.91 Å². The Balaban J connectivity index is 1.38. The Labute approximate surface area is 189 Å². The van der Waals surface area contributed by atoms with E-state index in [1.165, 1.54) is 10.7 Å². The number of benzene rings is 2. The molecule has 3 aromatic rings.